The Hall–Kier alpha value is -3.20. The van der Waals surface area contributed by atoms with Gasteiger partial charge < -0.3 is 9.47 Å². The fourth-order valence-corrected chi connectivity index (χ4v) is 3.55. The molecule has 0 amide bonds. The lowest BCUT2D eigenvalue weighted by molar-refractivity contribution is 0.101. The number of hydrogen-bond donors (Lipinski definition) is 0. The third kappa shape index (κ3) is 3.17. The van der Waals surface area contributed by atoms with Crippen molar-refractivity contribution in [3.63, 3.8) is 0 Å². The van der Waals surface area contributed by atoms with Gasteiger partial charge in [-0.1, -0.05) is 23.9 Å². The van der Waals surface area contributed by atoms with Crippen LogP contribution in [0.3, 0.4) is 0 Å². The number of carbonyl (C=O) groups excluding carboxylic acids is 1. The van der Waals surface area contributed by atoms with Crippen molar-refractivity contribution in [1.82, 2.24) is 25.0 Å². The summed E-state index contributed by atoms with van der Waals surface area (Å²) in [5.74, 6) is 1.15. The van der Waals surface area contributed by atoms with Crippen LogP contribution < -0.4 is 9.47 Å². The molecule has 2 aromatic carbocycles. The predicted molar refractivity (Wildman–Crippen MR) is 101 cm³/mol. The summed E-state index contributed by atoms with van der Waals surface area (Å²) >= 11 is 1.27. The van der Waals surface area contributed by atoms with Gasteiger partial charge in [-0.05, 0) is 40.8 Å². The van der Waals surface area contributed by atoms with Gasteiger partial charge in [-0.3, -0.25) is 4.79 Å². The number of nitrogens with zero attached hydrogens (tertiary/aromatic N) is 5. The fourth-order valence-electron chi connectivity index (χ4n) is 2.73. The number of hydrogen-bond acceptors (Lipinski definition) is 8. The molecule has 2 heterocycles. The third-order valence-electron chi connectivity index (χ3n) is 4.05. The highest BCUT2D eigenvalue weighted by atomic mass is 32.2. The first-order chi connectivity index (χ1) is 13.2. The van der Waals surface area contributed by atoms with Gasteiger partial charge in [-0.15, -0.1) is 5.10 Å². The summed E-state index contributed by atoms with van der Waals surface area (Å²) in [7, 11) is 3.08. The molecular formula is C18H15N5O3S. The molecule has 0 bridgehead atoms. The average Bonchev–Trinajstić information content (AvgIpc) is 3.21. The molecule has 136 valence electrons. The van der Waals surface area contributed by atoms with Crippen LogP contribution in [0.2, 0.25) is 0 Å². The lowest BCUT2D eigenvalue weighted by atomic mass is 10.1. The Kier molecular flexibility index (Phi) is 4.59. The summed E-state index contributed by atoms with van der Waals surface area (Å²) in [5, 5.41) is 13.2. The van der Waals surface area contributed by atoms with Crippen LogP contribution >= 0.6 is 11.8 Å². The number of para-hydroxylation sites is 1. The van der Waals surface area contributed by atoms with Crippen LogP contribution in [0, 0.1) is 0 Å². The molecule has 2 aromatic heterocycles. The standard InChI is InChI=1S/C18H15N5O3S/c1-25-11-7-8-16(26-2)13(9-11)15(24)10-27-18-19-14-6-4-3-5-12(14)17-20-21-22-23(17)18/h3-9H,10H2,1-2H3. The van der Waals surface area contributed by atoms with Crippen molar-refractivity contribution in [1.29, 1.82) is 0 Å². The van der Waals surface area contributed by atoms with E-state index in [1.807, 2.05) is 24.3 Å². The molecule has 0 saturated heterocycles. The molecule has 0 radical (unpaired) electrons. The number of rotatable bonds is 6. The molecule has 4 aromatic rings. The number of carbonyl (C=O) groups is 1. The third-order valence-corrected chi connectivity index (χ3v) is 4.98. The van der Waals surface area contributed by atoms with Crippen molar-refractivity contribution < 1.29 is 14.3 Å². The van der Waals surface area contributed by atoms with Crippen LogP contribution in [0.15, 0.2) is 47.6 Å². The van der Waals surface area contributed by atoms with Crippen molar-refractivity contribution in [3.8, 4) is 11.5 Å². The quantitative estimate of drug-likeness (QED) is 0.286. The van der Waals surface area contributed by atoms with Crippen molar-refractivity contribution in [2.24, 2.45) is 0 Å². The first kappa shape index (κ1) is 17.2. The van der Waals surface area contributed by atoms with Gasteiger partial charge in [0.25, 0.3) is 0 Å². The highest BCUT2D eigenvalue weighted by Crippen LogP contribution is 2.27. The van der Waals surface area contributed by atoms with E-state index in [9.17, 15) is 4.79 Å². The number of fused-ring (bicyclic) bond motifs is 3. The first-order valence-corrected chi connectivity index (χ1v) is 9.04. The van der Waals surface area contributed by atoms with Gasteiger partial charge >= 0.3 is 0 Å². The van der Waals surface area contributed by atoms with Crippen LogP contribution in [0.4, 0.5) is 0 Å². The lowest BCUT2D eigenvalue weighted by Gasteiger charge is -2.10. The molecule has 27 heavy (non-hydrogen) atoms. The molecule has 8 nitrogen and oxygen atoms in total. The molecule has 0 fully saturated rings. The maximum Gasteiger partial charge on any atom is 0.193 e. The van der Waals surface area contributed by atoms with Crippen LogP contribution in [0.1, 0.15) is 10.4 Å². The minimum absolute atomic E-state index is 0.105. The van der Waals surface area contributed by atoms with Crippen LogP contribution in [0.25, 0.3) is 16.6 Å². The van der Waals surface area contributed by atoms with E-state index in [1.54, 1.807) is 29.8 Å². The van der Waals surface area contributed by atoms with E-state index in [-0.39, 0.29) is 11.5 Å². The van der Waals surface area contributed by atoms with Crippen LogP contribution in [-0.2, 0) is 0 Å². The summed E-state index contributed by atoms with van der Waals surface area (Å²) in [5.41, 5.74) is 1.83. The number of ether oxygens (including phenoxy) is 2. The smallest absolute Gasteiger partial charge is 0.193 e. The van der Waals surface area contributed by atoms with Gasteiger partial charge in [-0.25, -0.2) is 4.98 Å². The van der Waals surface area contributed by atoms with E-state index in [0.29, 0.717) is 27.9 Å². The second-order valence-electron chi connectivity index (χ2n) is 5.60. The van der Waals surface area contributed by atoms with Gasteiger partial charge in [-0.2, -0.15) is 4.52 Å². The molecular weight excluding hydrogens is 366 g/mol. The molecule has 0 atom stereocenters. The highest BCUT2D eigenvalue weighted by molar-refractivity contribution is 7.99. The Morgan fingerprint density at radius 1 is 1.15 bits per heavy atom. The fraction of sp³-hybridized carbons (Fsp3) is 0.167. The van der Waals surface area contributed by atoms with Crippen molar-refractivity contribution in [2.75, 3.05) is 20.0 Å². The van der Waals surface area contributed by atoms with E-state index in [1.165, 1.54) is 18.9 Å². The second kappa shape index (κ2) is 7.20. The molecule has 0 unspecified atom stereocenters. The lowest BCUT2D eigenvalue weighted by Crippen LogP contribution is -2.07. The maximum atomic E-state index is 12.8. The van der Waals surface area contributed by atoms with Crippen molar-refractivity contribution in [2.45, 2.75) is 5.16 Å². The number of thioether (sulfide) groups is 1. The number of Topliss-reactive ketones (excluding diaryl/α,β-unsaturated/α-hetero) is 1. The Labute approximate surface area is 158 Å². The summed E-state index contributed by atoms with van der Waals surface area (Å²) in [6.07, 6.45) is 0. The molecule has 0 saturated carbocycles. The zero-order valence-electron chi connectivity index (χ0n) is 14.6. The number of tetrazole rings is 1. The van der Waals surface area contributed by atoms with E-state index in [0.717, 1.165) is 10.9 Å². The van der Waals surface area contributed by atoms with Crippen LogP contribution in [0.5, 0.6) is 11.5 Å². The maximum absolute atomic E-state index is 12.8. The summed E-state index contributed by atoms with van der Waals surface area (Å²) in [6.45, 7) is 0. The largest absolute Gasteiger partial charge is 0.497 e. The van der Waals surface area contributed by atoms with Gasteiger partial charge in [0.1, 0.15) is 11.5 Å². The average molecular weight is 381 g/mol. The van der Waals surface area contributed by atoms with Crippen molar-refractivity contribution >= 4 is 34.1 Å². The van der Waals surface area contributed by atoms with Gasteiger partial charge in [0.15, 0.2) is 16.6 Å². The Bertz CT molecular complexity index is 1140. The van der Waals surface area contributed by atoms with E-state index < -0.39 is 0 Å². The molecule has 0 aliphatic carbocycles. The normalized spacial score (nSPS) is 11.0. The molecule has 4 rings (SSSR count). The molecule has 0 aliphatic heterocycles. The molecule has 0 aliphatic rings. The number of aromatic nitrogens is 5. The topological polar surface area (TPSA) is 91.5 Å². The molecule has 0 N–H and O–H groups in total. The molecule has 0 spiro atoms. The van der Waals surface area contributed by atoms with Crippen molar-refractivity contribution in [3.05, 3.63) is 48.0 Å². The summed E-state index contributed by atoms with van der Waals surface area (Å²) < 4.78 is 12.0. The van der Waals surface area contributed by atoms with E-state index >= 15 is 0 Å². The predicted octanol–water partition coefficient (Wildman–Crippen LogP) is 2.66. The minimum atomic E-state index is -0.105. The summed E-state index contributed by atoms with van der Waals surface area (Å²) in [6, 6.07) is 12.7. The number of methoxy groups -OCH3 is 2. The number of ketones is 1. The monoisotopic (exact) mass is 381 g/mol. The van der Waals surface area contributed by atoms with Gasteiger partial charge in [0.05, 0.1) is 31.1 Å². The minimum Gasteiger partial charge on any atom is -0.497 e. The van der Waals surface area contributed by atoms with E-state index in [4.69, 9.17) is 9.47 Å². The highest BCUT2D eigenvalue weighted by Gasteiger charge is 2.17. The Balaban J connectivity index is 1.65. The Morgan fingerprint density at radius 3 is 2.81 bits per heavy atom. The number of benzene rings is 2. The summed E-state index contributed by atoms with van der Waals surface area (Å²) in [4.78, 5) is 17.4. The van der Waals surface area contributed by atoms with E-state index in [2.05, 4.69) is 20.5 Å². The van der Waals surface area contributed by atoms with Crippen LogP contribution in [-0.4, -0.2) is 50.8 Å². The first-order valence-electron chi connectivity index (χ1n) is 8.06. The van der Waals surface area contributed by atoms with Gasteiger partial charge in [0.2, 0.25) is 0 Å². The SMILES string of the molecule is COc1ccc(OC)c(C(=O)CSc2nc3ccccc3c3nnnn23)c1. The zero-order valence-corrected chi connectivity index (χ0v) is 15.4. The molecule has 9 heteroatoms. The van der Waals surface area contributed by atoms with Gasteiger partial charge in [0, 0.05) is 5.39 Å². The zero-order chi connectivity index (χ0) is 18.8. The Morgan fingerprint density at radius 2 is 2.00 bits per heavy atom. The second-order valence-corrected chi connectivity index (χ2v) is 6.55.